The molecular formula is C11H14ClN3O2S2. The number of fused-ring (bicyclic) bond motifs is 1. The van der Waals surface area contributed by atoms with Crippen molar-refractivity contribution in [2.24, 2.45) is 0 Å². The summed E-state index contributed by atoms with van der Waals surface area (Å²) >= 11 is 7.33. The van der Waals surface area contributed by atoms with Crippen molar-refractivity contribution in [1.82, 2.24) is 14.1 Å². The molecule has 1 N–H and O–H groups in total. The third-order valence-corrected chi connectivity index (χ3v) is 6.04. The van der Waals surface area contributed by atoms with Crippen LogP contribution in [0.15, 0.2) is 16.6 Å². The van der Waals surface area contributed by atoms with E-state index >= 15 is 0 Å². The van der Waals surface area contributed by atoms with Gasteiger partial charge < -0.3 is 0 Å². The van der Waals surface area contributed by atoms with Crippen LogP contribution in [-0.4, -0.2) is 23.8 Å². The molecule has 1 aliphatic carbocycles. The zero-order chi connectivity index (χ0) is 13.5. The predicted octanol–water partition coefficient (Wildman–Crippen LogP) is 2.66. The maximum atomic E-state index is 12.4. The van der Waals surface area contributed by atoms with E-state index in [0.29, 0.717) is 4.96 Å². The SMILES string of the molecule is O=S(=O)(NC1CCCCC1)c1c(Cl)nc2sccn12. The normalized spacial score (nSPS) is 18.2. The number of nitrogens with zero attached hydrogens (tertiary/aromatic N) is 2. The van der Waals surface area contributed by atoms with E-state index in [9.17, 15) is 8.42 Å². The molecule has 2 aromatic rings. The van der Waals surface area contributed by atoms with Crippen LogP contribution in [0.25, 0.3) is 4.96 Å². The van der Waals surface area contributed by atoms with Gasteiger partial charge in [0.05, 0.1) is 0 Å². The van der Waals surface area contributed by atoms with E-state index in [4.69, 9.17) is 11.6 Å². The molecule has 0 unspecified atom stereocenters. The van der Waals surface area contributed by atoms with E-state index in [-0.39, 0.29) is 16.2 Å². The van der Waals surface area contributed by atoms with E-state index in [1.165, 1.54) is 22.2 Å². The Kier molecular flexibility index (Phi) is 3.55. The monoisotopic (exact) mass is 319 g/mol. The first-order chi connectivity index (χ1) is 9.08. The first-order valence-corrected chi connectivity index (χ1v) is 8.95. The lowest BCUT2D eigenvalue weighted by Crippen LogP contribution is -2.36. The fourth-order valence-corrected chi connectivity index (χ4v) is 5.23. The molecule has 0 aromatic carbocycles. The number of halogens is 1. The van der Waals surface area contributed by atoms with Crippen LogP contribution < -0.4 is 4.72 Å². The third-order valence-electron chi connectivity index (χ3n) is 3.36. The molecule has 0 saturated heterocycles. The Morgan fingerprint density at radius 3 is 2.84 bits per heavy atom. The minimum atomic E-state index is -3.62. The summed E-state index contributed by atoms with van der Waals surface area (Å²) in [7, 11) is -3.62. The quantitative estimate of drug-likeness (QED) is 0.946. The van der Waals surface area contributed by atoms with Crippen molar-refractivity contribution in [2.75, 3.05) is 0 Å². The molecule has 0 bridgehead atoms. The van der Waals surface area contributed by atoms with Gasteiger partial charge in [-0.2, -0.15) is 0 Å². The topological polar surface area (TPSA) is 63.5 Å². The summed E-state index contributed by atoms with van der Waals surface area (Å²) in [5.74, 6) is 0. The Morgan fingerprint density at radius 1 is 1.37 bits per heavy atom. The number of nitrogens with one attached hydrogen (secondary N) is 1. The molecular weight excluding hydrogens is 306 g/mol. The molecule has 104 valence electrons. The highest BCUT2D eigenvalue weighted by Crippen LogP contribution is 2.26. The van der Waals surface area contributed by atoms with Crippen molar-refractivity contribution < 1.29 is 8.42 Å². The second-order valence-electron chi connectivity index (χ2n) is 4.72. The average Bonchev–Trinajstić information content (AvgIpc) is 2.88. The standard InChI is InChI=1S/C11H14ClN3O2S2/c12-9-10(15-6-7-18-11(15)13-9)19(16,17)14-8-4-2-1-3-5-8/h6-8,14H,1-5H2. The Labute approximate surface area is 120 Å². The maximum absolute atomic E-state index is 12.4. The highest BCUT2D eigenvalue weighted by Gasteiger charge is 2.28. The van der Waals surface area contributed by atoms with Gasteiger partial charge >= 0.3 is 0 Å². The van der Waals surface area contributed by atoms with E-state index in [1.807, 2.05) is 0 Å². The van der Waals surface area contributed by atoms with E-state index in [1.54, 1.807) is 11.6 Å². The van der Waals surface area contributed by atoms with Crippen LogP contribution in [0.4, 0.5) is 0 Å². The number of hydrogen-bond donors (Lipinski definition) is 1. The molecule has 1 saturated carbocycles. The van der Waals surface area contributed by atoms with E-state index in [2.05, 4.69) is 9.71 Å². The summed E-state index contributed by atoms with van der Waals surface area (Å²) in [6.07, 6.45) is 6.78. The van der Waals surface area contributed by atoms with Gasteiger partial charge in [-0.15, -0.1) is 11.3 Å². The van der Waals surface area contributed by atoms with Crippen molar-refractivity contribution in [2.45, 2.75) is 43.2 Å². The van der Waals surface area contributed by atoms with Crippen molar-refractivity contribution >= 4 is 37.9 Å². The van der Waals surface area contributed by atoms with Gasteiger partial charge in [-0.25, -0.2) is 18.1 Å². The number of aromatic nitrogens is 2. The zero-order valence-corrected chi connectivity index (χ0v) is 12.6. The molecule has 0 atom stereocenters. The molecule has 19 heavy (non-hydrogen) atoms. The van der Waals surface area contributed by atoms with Gasteiger partial charge in [0.1, 0.15) is 0 Å². The van der Waals surface area contributed by atoms with E-state index in [0.717, 1.165) is 25.7 Å². The van der Waals surface area contributed by atoms with E-state index < -0.39 is 10.0 Å². The second kappa shape index (κ2) is 5.05. The number of thiazole rings is 1. The van der Waals surface area contributed by atoms with Gasteiger partial charge in [0.15, 0.2) is 15.1 Å². The molecule has 0 spiro atoms. The molecule has 1 fully saturated rings. The lowest BCUT2D eigenvalue weighted by atomic mass is 9.96. The summed E-state index contributed by atoms with van der Waals surface area (Å²) in [4.78, 5) is 4.65. The second-order valence-corrected chi connectivity index (χ2v) is 7.58. The summed E-state index contributed by atoms with van der Waals surface area (Å²) < 4.78 is 29.2. The van der Waals surface area contributed by atoms with Crippen LogP contribution >= 0.6 is 22.9 Å². The predicted molar refractivity (Wildman–Crippen MR) is 75.3 cm³/mol. The number of rotatable bonds is 3. The first kappa shape index (κ1) is 13.4. The summed E-state index contributed by atoms with van der Waals surface area (Å²) in [6, 6.07) is 0.0130. The third kappa shape index (κ3) is 2.52. The molecule has 1 aliphatic rings. The highest BCUT2D eigenvalue weighted by atomic mass is 35.5. The van der Waals surface area contributed by atoms with Crippen molar-refractivity contribution in [3.8, 4) is 0 Å². The maximum Gasteiger partial charge on any atom is 0.260 e. The molecule has 8 heteroatoms. The summed E-state index contributed by atoms with van der Waals surface area (Å²) in [5.41, 5.74) is 0. The lowest BCUT2D eigenvalue weighted by molar-refractivity contribution is 0.411. The number of hydrogen-bond acceptors (Lipinski definition) is 4. The fourth-order valence-electron chi connectivity index (χ4n) is 2.47. The van der Waals surface area contributed by atoms with Crippen LogP contribution in [-0.2, 0) is 10.0 Å². The largest absolute Gasteiger partial charge is 0.279 e. The van der Waals surface area contributed by atoms with Crippen LogP contribution in [0.1, 0.15) is 32.1 Å². The minimum Gasteiger partial charge on any atom is -0.279 e. The molecule has 3 rings (SSSR count). The van der Waals surface area contributed by atoms with Gasteiger partial charge in [-0.3, -0.25) is 4.40 Å². The summed E-state index contributed by atoms with van der Waals surface area (Å²) in [6.45, 7) is 0. The van der Waals surface area contributed by atoms with Crippen molar-refractivity contribution in [1.29, 1.82) is 0 Å². The molecule has 0 aliphatic heterocycles. The first-order valence-electron chi connectivity index (χ1n) is 6.21. The Balaban J connectivity index is 1.94. The van der Waals surface area contributed by atoms with Crippen LogP contribution in [0.2, 0.25) is 5.15 Å². The fraction of sp³-hybridized carbons (Fsp3) is 0.545. The molecule has 2 heterocycles. The minimum absolute atomic E-state index is 0.0130. The lowest BCUT2D eigenvalue weighted by Gasteiger charge is -2.22. The molecule has 0 radical (unpaired) electrons. The Hall–Kier alpha value is -0.630. The average molecular weight is 320 g/mol. The van der Waals surface area contributed by atoms with Crippen molar-refractivity contribution in [3.63, 3.8) is 0 Å². The highest BCUT2D eigenvalue weighted by molar-refractivity contribution is 7.89. The smallest absolute Gasteiger partial charge is 0.260 e. The summed E-state index contributed by atoms with van der Waals surface area (Å²) in [5, 5.41) is 1.88. The van der Waals surface area contributed by atoms with Gasteiger partial charge in [-0.1, -0.05) is 30.9 Å². The van der Waals surface area contributed by atoms with Crippen LogP contribution in [0.5, 0.6) is 0 Å². The van der Waals surface area contributed by atoms with Gasteiger partial charge in [-0.05, 0) is 12.8 Å². The van der Waals surface area contributed by atoms with Crippen LogP contribution in [0.3, 0.4) is 0 Å². The van der Waals surface area contributed by atoms with Gasteiger partial charge in [0, 0.05) is 17.6 Å². The van der Waals surface area contributed by atoms with Crippen LogP contribution in [0, 0.1) is 0 Å². The van der Waals surface area contributed by atoms with Gasteiger partial charge in [0.25, 0.3) is 10.0 Å². The molecule has 0 amide bonds. The molecule has 2 aromatic heterocycles. The number of sulfonamides is 1. The Bertz CT molecular complexity index is 686. The zero-order valence-electron chi connectivity index (χ0n) is 10.2. The molecule has 5 nitrogen and oxygen atoms in total. The number of imidazole rings is 1. The van der Waals surface area contributed by atoms with Gasteiger partial charge in [0.2, 0.25) is 0 Å². The van der Waals surface area contributed by atoms with Crippen molar-refractivity contribution in [3.05, 3.63) is 16.7 Å². The Morgan fingerprint density at radius 2 is 2.11 bits per heavy atom.